The molecule has 0 radical (unpaired) electrons. The molecule has 1 aromatic heterocycles. The van der Waals surface area contributed by atoms with Crippen LogP contribution < -0.4 is 31.2 Å². The van der Waals surface area contributed by atoms with Gasteiger partial charge in [0.2, 0.25) is 5.91 Å². The molecule has 7 nitrogen and oxygen atoms in total. The average Bonchev–Trinajstić information content (AvgIpc) is 3.47. The molecule has 1 aromatic carbocycles. The van der Waals surface area contributed by atoms with Gasteiger partial charge in [-0.25, -0.2) is 4.98 Å². The van der Waals surface area contributed by atoms with Crippen molar-refractivity contribution in [2.45, 2.75) is 57.3 Å². The van der Waals surface area contributed by atoms with Crippen molar-refractivity contribution in [3.8, 4) is 11.5 Å². The van der Waals surface area contributed by atoms with E-state index in [1.807, 2.05) is 12.2 Å². The van der Waals surface area contributed by atoms with E-state index in [1.165, 1.54) is 24.3 Å². The maximum Gasteiger partial charge on any atom is 0.573 e. The van der Waals surface area contributed by atoms with Gasteiger partial charge in [0.15, 0.2) is 0 Å². The molecule has 3 N–H and O–H groups in total. The number of imidazole rings is 1. The van der Waals surface area contributed by atoms with E-state index in [-0.39, 0.29) is 11.9 Å². The van der Waals surface area contributed by atoms with Crippen molar-refractivity contribution in [3.05, 3.63) is 40.8 Å². The number of halogens is 3. The molecule has 1 fully saturated rings. The zero-order chi connectivity index (χ0) is 22.2. The van der Waals surface area contributed by atoms with Gasteiger partial charge in [0.1, 0.15) is 23.4 Å². The van der Waals surface area contributed by atoms with Crippen molar-refractivity contribution < 1.29 is 27.4 Å². The highest BCUT2D eigenvalue weighted by Crippen LogP contribution is 2.34. The van der Waals surface area contributed by atoms with Crippen molar-refractivity contribution in [3.63, 3.8) is 0 Å². The molecular formula is C21H23F3N4O3. The molecule has 4 rings (SSSR count). The number of primary amides is 1. The molecule has 2 aliphatic carbocycles. The minimum Gasteiger partial charge on any atom is -0.486 e. The lowest BCUT2D eigenvalue weighted by Crippen LogP contribution is -2.39. The van der Waals surface area contributed by atoms with Crippen LogP contribution in [0.25, 0.3) is 12.2 Å². The molecule has 31 heavy (non-hydrogen) atoms. The SMILES string of the molecule is C[C@H](NCc1nc2c(n1C1CC1)=CC(Oc1ccc(OC(F)(F)F)cc1)CC=2)C(N)=O. The quantitative estimate of drug-likeness (QED) is 0.655. The highest BCUT2D eigenvalue weighted by Gasteiger charge is 2.31. The first-order chi connectivity index (χ1) is 14.7. The highest BCUT2D eigenvalue weighted by molar-refractivity contribution is 5.79. The Labute approximate surface area is 176 Å². The van der Waals surface area contributed by atoms with Crippen LogP contribution in [0.4, 0.5) is 13.2 Å². The Bertz CT molecular complexity index is 1080. The number of carbonyl (C=O) groups is 1. The van der Waals surface area contributed by atoms with Gasteiger partial charge in [-0.1, -0.05) is 6.08 Å². The molecule has 0 aliphatic heterocycles. The second-order valence-corrected chi connectivity index (χ2v) is 7.69. The number of ether oxygens (including phenoxy) is 2. The lowest BCUT2D eigenvalue weighted by atomic mass is 10.1. The summed E-state index contributed by atoms with van der Waals surface area (Å²) in [6, 6.07) is 5.23. The molecule has 0 spiro atoms. The molecule has 2 aromatic rings. The summed E-state index contributed by atoms with van der Waals surface area (Å²) in [5, 5.41) is 4.92. The van der Waals surface area contributed by atoms with Gasteiger partial charge >= 0.3 is 6.36 Å². The number of nitrogens with zero attached hydrogens (tertiary/aromatic N) is 2. The Morgan fingerprint density at radius 3 is 2.58 bits per heavy atom. The number of carbonyl (C=O) groups excluding carboxylic acids is 1. The Morgan fingerprint density at radius 1 is 1.29 bits per heavy atom. The number of nitrogens with two attached hydrogens (primary N) is 1. The van der Waals surface area contributed by atoms with Gasteiger partial charge in [-0.2, -0.15) is 0 Å². The van der Waals surface area contributed by atoms with E-state index in [0.29, 0.717) is 24.8 Å². The number of nitrogens with one attached hydrogen (secondary N) is 1. The average molecular weight is 436 g/mol. The monoisotopic (exact) mass is 436 g/mol. The number of benzene rings is 1. The summed E-state index contributed by atoms with van der Waals surface area (Å²) >= 11 is 0. The third-order valence-electron chi connectivity index (χ3n) is 5.19. The molecule has 10 heteroatoms. The van der Waals surface area contributed by atoms with Crippen molar-refractivity contribution >= 4 is 18.1 Å². The first kappa shape index (κ1) is 21.2. The van der Waals surface area contributed by atoms with Crippen LogP contribution in [0.1, 0.15) is 38.1 Å². The molecule has 0 bridgehead atoms. The summed E-state index contributed by atoms with van der Waals surface area (Å²) in [4.78, 5) is 16.0. The number of hydrogen-bond acceptors (Lipinski definition) is 5. The van der Waals surface area contributed by atoms with Crippen LogP contribution in [0.3, 0.4) is 0 Å². The van der Waals surface area contributed by atoms with Crippen LogP contribution in [0.2, 0.25) is 0 Å². The fourth-order valence-corrected chi connectivity index (χ4v) is 3.49. The first-order valence-corrected chi connectivity index (χ1v) is 10.0. The van der Waals surface area contributed by atoms with Gasteiger partial charge in [0, 0.05) is 12.5 Å². The number of amides is 1. The third-order valence-corrected chi connectivity index (χ3v) is 5.19. The number of fused-ring (bicyclic) bond motifs is 1. The van der Waals surface area contributed by atoms with Gasteiger partial charge in [-0.15, -0.1) is 13.2 Å². The molecule has 1 unspecified atom stereocenters. The summed E-state index contributed by atoms with van der Waals surface area (Å²) < 4.78 is 48.9. The Hall–Kier alpha value is -3.01. The molecule has 0 saturated heterocycles. The summed E-state index contributed by atoms with van der Waals surface area (Å²) in [7, 11) is 0. The fraction of sp³-hybridized carbons (Fsp3) is 0.429. The molecule has 2 aliphatic rings. The Morgan fingerprint density at radius 2 is 1.97 bits per heavy atom. The summed E-state index contributed by atoms with van der Waals surface area (Å²) in [5.74, 6) is 0.563. The zero-order valence-corrected chi connectivity index (χ0v) is 16.9. The van der Waals surface area contributed by atoms with Crippen LogP contribution in [0.5, 0.6) is 11.5 Å². The lowest BCUT2D eigenvalue weighted by molar-refractivity contribution is -0.274. The first-order valence-electron chi connectivity index (χ1n) is 10.0. The number of rotatable bonds is 8. The number of hydrogen-bond donors (Lipinski definition) is 2. The molecule has 1 saturated carbocycles. The Balaban J connectivity index is 1.51. The summed E-state index contributed by atoms with van der Waals surface area (Å²) in [6.45, 7) is 2.13. The van der Waals surface area contributed by atoms with Crippen LogP contribution in [0.15, 0.2) is 24.3 Å². The Kier molecular flexibility index (Phi) is 5.65. The fourth-order valence-electron chi connectivity index (χ4n) is 3.49. The largest absolute Gasteiger partial charge is 0.573 e. The van der Waals surface area contributed by atoms with Gasteiger partial charge in [-0.05, 0) is 50.1 Å². The zero-order valence-electron chi connectivity index (χ0n) is 16.9. The molecule has 1 heterocycles. The van der Waals surface area contributed by atoms with E-state index in [0.717, 1.165) is 29.4 Å². The van der Waals surface area contributed by atoms with Crippen LogP contribution in [-0.2, 0) is 11.3 Å². The normalized spacial score (nSPS) is 19.0. The second kappa shape index (κ2) is 8.26. The van der Waals surface area contributed by atoms with Crippen molar-refractivity contribution in [2.75, 3.05) is 0 Å². The third kappa shape index (κ3) is 5.19. The summed E-state index contributed by atoms with van der Waals surface area (Å²) in [5.41, 5.74) is 5.32. The van der Waals surface area contributed by atoms with Gasteiger partial charge in [-0.3, -0.25) is 10.1 Å². The second-order valence-electron chi connectivity index (χ2n) is 7.69. The lowest BCUT2D eigenvalue weighted by Gasteiger charge is -2.17. The maximum absolute atomic E-state index is 12.3. The van der Waals surface area contributed by atoms with Crippen molar-refractivity contribution in [1.29, 1.82) is 0 Å². The van der Waals surface area contributed by atoms with E-state index < -0.39 is 18.3 Å². The van der Waals surface area contributed by atoms with E-state index in [2.05, 4.69) is 14.6 Å². The molecule has 166 valence electrons. The highest BCUT2D eigenvalue weighted by atomic mass is 19.4. The number of aromatic nitrogens is 2. The van der Waals surface area contributed by atoms with E-state index >= 15 is 0 Å². The topological polar surface area (TPSA) is 91.4 Å². The predicted molar refractivity (Wildman–Crippen MR) is 106 cm³/mol. The van der Waals surface area contributed by atoms with Gasteiger partial charge in [0.25, 0.3) is 0 Å². The van der Waals surface area contributed by atoms with Crippen LogP contribution >= 0.6 is 0 Å². The smallest absolute Gasteiger partial charge is 0.486 e. The molecule has 2 atom stereocenters. The van der Waals surface area contributed by atoms with Gasteiger partial charge < -0.3 is 19.8 Å². The number of alkyl halides is 3. The van der Waals surface area contributed by atoms with Crippen molar-refractivity contribution in [2.24, 2.45) is 5.73 Å². The van der Waals surface area contributed by atoms with E-state index in [1.54, 1.807) is 6.92 Å². The minimum absolute atomic E-state index is 0.276. The van der Waals surface area contributed by atoms with Gasteiger partial charge in [0.05, 0.1) is 23.3 Å². The van der Waals surface area contributed by atoms with Crippen molar-refractivity contribution in [1.82, 2.24) is 14.9 Å². The predicted octanol–water partition coefficient (Wildman–Crippen LogP) is 1.49. The standard InChI is InChI=1S/C21H23F3N4O3/c1-12(20(25)29)26-11-19-27-17-9-8-16(10-18(17)28(19)13-2-3-13)30-14-4-6-15(7-5-14)31-21(22,23)24/h4-7,9-10,12-13,16,26H,2-3,8,11H2,1H3,(H2,25,29)/t12-,16?/m0/s1. The van der Waals surface area contributed by atoms with E-state index in [4.69, 9.17) is 15.5 Å². The minimum atomic E-state index is -4.73. The summed E-state index contributed by atoms with van der Waals surface area (Å²) in [6.07, 6.45) is 1.67. The van der Waals surface area contributed by atoms with Crippen LogP contribution in [-0.4, -0.2) is 34.0 Å². The van der Waals surface area contributed by atoms with Crippen LogP contribution in [0, 0.1) is 0 Å². The molecule has 1 amide bonds. The molecular weight excluding hydrogens is 413 g/mol. The maximum atomic E-state index is 12.3. The van der Waals surface area contributed by atoms with E-state index in [9.17, 15) is 18.0 Å².